The summed E-state index contributed by atoms with van der Waals surface area (Å²) in [4.78, 5) is 37.6. The Morgan fingerprint density at radius 2 is 2.19 bits per heavy atom. The van der Waals surface area contributed by atoms with Crippen LogP contribution in [0.2, 0.25) is 10.0 Å². The number of rotatable bonds is 6. The predicted molar refractivity (Wildman–Crippen MR) is 105 cm³/mol. The molecule has 6 nitrogen and oxygen atoms in total. The van der Waals surface area contributed by atoms with Crippen LogP contribution >= 0.6 is 35.0 Å². The second-order valence-electron chi connectivity index (χ2n) is 6.71. The van der Waals surface area contributed by atoms with E-state index in [1.807, 2.05) is 6.92 Å². The molecule has 0 bridgehead atoms. The number of nitrogens with zero attached hydrogens (tertiary/aromatic N) is 1. The van der Waals surface area contributed by atoms with Crippen LogP contribution in [0.4, 0.5) is 0 Å². The summed E-state index contributed by atoms with van der Waals surface area (Å²) in [5.74, 6) is -0.460. The summed E-state index contributed by atoms with van der Waals surface area (Å²) in [5, 5.41) is 3.78. The Morgan fingerprint density at radius 3 is 2.93 bits per heavy atom. The van der Waals surface area contributed by atoms with Crippen molar-refractivity contribution in [1.29, 1.82) is 0 Å². The van der Waals surface area contributed by atoms with Crippen LogP contribution in [0.5, 0.6) is 0 Å². The maximum Gasteiger partial charge on any atom is 0.330 e. The molecular formula is C18H20Cl2N2O4S. The highest BCUT2D eigenvalue weighted by atomic mass is 35.5. The lowest BCUT2D eigenvalue weighted by Gasteiger charge is -2.29. The van der Waals surface area contributed by atoms with Gasteiger partial charge >= 0.3 is 5.97 Å². The number of thioether (sulfide) groups is 1. The molecule has 27 heavy (non-hydrogen) atoms. The van der Waals surface area contributed by atoms with Crippen LogP contribution in [-0.2, 0) is 25.5 Å². The highest BCUT2D eigenvalue weighted by Gasteiger charge is 2.53. The molecule has 2 heterocycles. The topological polar surface area (TPSA) is 75.7 Å². The fourth-order valence-corrected chi connectivity index (χ4v) is 5.26. The zero-order valence-electron chi connectivity index (χ0n) is 14.8. The molecule has 2 saturated heterocycles. The van der Waals surface area contributed by atoms with Crippen molar-refractivity contribution >= 4 is 52.7 Å². The van der Waals surface area contributed by atoms with E-state index in [0.717, 1.165) is 12.0 Å². The van der Waals surface area contributed by atoms with E-state index in [-0.39, 0.29) is 17.4 Å². The molecule has 0 saturated carbocycles. The Hall–Kier alpha value is -1.44. The molecule has 2 fully saturated rings. The highest BCUT2D eigenvalue weighted by molar-refractivity contribution is 8.01. The maximum absolute atomic E-state index is 12.3. The molecule has 0 unspecified atom stereocenters. The van der Waals surface area contributed by atoms with Crippen molar-refractivity contribution in [3.63, 3.8) is 0 Å². The molecule has 146 valence electrons. The van der Waals surface area contributed by atoms with Gasteiger partial charge in [-0.05, 0) is 37.5 Å². The summed E-state index contributed by atoms with van der Waals surface area (Å²) in [7, 11) is 0. The predicted octanol–water partition coefficient (Wildman–Crippen LogP) is 2.65. The van der Waals surface area contributed by atoms with E-state index in [1.54, 1.807) is 34.9 Å². The summed E-state index contributed by atoms with van der Waals surface area (Å²) in [6.07, 6.45) is 1.71. The molecule has 9 heteroatoms. The molecule has 0 aromatic heterocycles. The van der Waals surface area contributed by atoms with Gasteiger partial charge in [-0.25, -0.2) is 4.79 Å². The van der Waals surface area contributed by atoms with E-state index >= 15 is 0 Å². The number of nitrogens with one attached hydrogen (secondary N) is 1. The number of carbonyl (C=O) groups is 3. The van der Waals surface area contributed by atoms with Gasteiger partial charge in [0, 0.05) is 28.8 Å². The van der Waals surface area contributed by atoms with Gasteiger partial charge in [0.1, 0.15) is 6.04 Å². The maximum atomic E-state index is 12.3. The number of hydrogen-bond acceptors (Lipinski definition) is 5. The van der Waals surface area contributed by atoms with Crippen LogP contribution in [-0.4, -0.2) is 52.5 Å². The van der Waals surface area contributed by atoms with Gasteiger partial charge in [-0.3, -0.25) is 9.59 Å². The number of hydrogen-bond donors (Lipinski definition) is 1. The number of ether oxygens (including phenoxy) is 1. The van der Waals surface area contributed by atoms with Gasteiger partial charge in [-0.2, -0.15) is 0 Å². The molecular weight excluding hydrogens is 411 g/mol. The average Bonchev–Trinajstić information content (AvgIpc) is 3.11. The third-order valence-corrected chi connectivity index (χ3v) is 6.89. The molecule has 2 amide bonds. The normalized spacial score (nSPS) is 24.0. The van der Waals surface area contributed by atoms with E-state index in [0.29, 0.717) is 35.2 Å². The van der Waals surface area contributed by atoms with Crippen molar-refractivity contribution < 1.29 is 19.1 Å². The number of amides is 2. The highest BCUT2D eigenvalue weighted by Crippen LogP contribution is 2.47. The van der Waals surface area contributed by atoms with E-state index in [4.69, 9.17) is 27.9 Å². The minimum Gasteiger partial charge on any atom is -0.454 e. The largest absolute Gasteiger partial charge is 0.454 e. The zero-order chi connectivity index (χ0) is 19.6. The van der Waals surface area contributed by atoms with E-state index in [2.05, 4.69) is 5.32 Å². The first-order chi connectivity index (χ1) is 12.8. The molecule has 2 atom stereocenters. The van der Waals surface area contributed by atoms with Gasteiger partial charge < -0.3 is 15.0 Å². The summed E-state index contributed by atoms with van der Waals surface area (Å²) >= 11 is 13.5. The lowest BCUT2D eigenvalue weighted by atomic mass is 10.1. The lowest BCUT2D eigenvalue weighted by molar-refractivity contribution is -0.156. The number of carbonyl (C=O) groups excluding carboxylic acids is 3. The molecule has 2 aliphatic rings. The van der Waals surface area contributed by atoms with Gasteiger partial charge in [-0.15, -0.1) is 11.8 Å². The van der Waals surface area contributed by atoms with E-state index < -0.39 is 17.9 Å². The monoisotopic (exact) mass is 430 g/mol. The van der Waals surface area contributed by atoms with E-state index in [9.17, 15) is 14.4 Å². The zero-order valence-corrected chi connectivity index (χ0v) is 17.1. The molecule has 1 aromatic carbocycles. The van der Waals surface area contributed by atoms with Crippen molar-refractivity contribution in [1.82, 2.24) is 10.2 Å². The summed E-state index contributed by atoms with van der Waals surface area (Å²) < 4.78 is 5.13. The molecule has 2 aliphatic heterocycles. The fourth-order valence-electron chi connectivity index (χ4n) is 3.34. The Morgan fingerprint density at radius 1 is 1.41 bits per heavy atom. The minimum atomic E-state index is -0.615. The van der Waals surface area contributed by atoms with Crippen molar-refractivity contribution in [3.8, 4) is 0 Å². The smallest absolute Gasteiger partial charge is 0.330 e. The van der Waals surface area contributed by atoms with Crippen LogP contribution in [0.3, 0.4) is 0 Å². The molecule has 0 radical (unpaired) electrons. The van der Waals surface area contributed by atoms with Crippen LogP contribution in [0.25, 0.3) is 0 Å². The lowest BCUT2D eigenvalue weighted by Crippen LogP contribution is -2.47. The van der Waals surface area contributed by atoms with E-state index in [1.165, 1.54) is 0 Å². The Balaban J connectivity index is 1.43. The summed E-state index contributed by atoms with van der Waals surface area (Å²) in [5.41, 5.74) is 0.869. The Bertz CT molecular complexity index is 776. The molecule has 1 aromatic rings. The number of halogens is 2. The molecule has 3 rings (SSSR count). The molecule has 0 spiro atoms. The summed E-state index contributed by atoms with van der Waals surface area (Å²) in [6, 6.07) is 4.57. The Labute approximate surface area is 171 Å². The van der Waals surface area contributed by atoms with Crippen LogP contribution in [0, 0.1) is 0 Å². The van der Waals surface area contributed by atoms with Gasteiger partial charge in [-0.1, -0.05) is 29.3 Å². The van der Waals surface area contributed by atoms with Crippen molar-refractivity contribution in [2.24, 2.45) is 0 Å². The second-order valence-corrected chi connectivity index (χ2v) is 9.05. The van der Waals surface area contributed by atoms with Crippen molar-refractivity contribution in [2.75, 3.05) is 18.9 Å². The first kappa shape index (κ1) is 20.3. The minimum absolute atomic E-state index is 0.0336. The second kappa shape index (κ2) is 8.29. The van der Waals surface area contributed by atoms with Gasteiger partial charge in [0.15, 0.2) is 6.61 Å². The summed E-state index contributed by atoms with van der Waals surface area (Å²) in [6.45, 7) is 1.96. The number of esters is 1. The van der Waals surface area contributed by atoms with Crippen molar-refractivity contribution in [2.45, 2.75) is 37.1 Å². The van der Waals surface area contributed by atoms with Gasteiger partial charge in [0.25, 0.3) is 5.91 Å². The third kappa shape index (κ3) is 4.52. The number of fused-ring (bicyclic) bond motifs is 1. The standard InChI is InChI=1S/C18H20Cl2N2O4S/c1-18-6-4-16(24)22(18)14(10-27-18)17(25)26-9-15(23)21-7-5-11-2-3-12(19)8-13(11)20/h2-3,8,14H,4-7,9-10H2,1H3,(H,21,23)/t14-,18+/m0/s1. The first-order valence-corrected chi connectivity index (χ1v) is 10.4. The first-order valence-electron chi connectivity index (χ1n) is 8.63. The van der Waals surface area contributed by atoms with Crippen LogP contribution < -0.4 is 5.32 Å². The van der Waals surface area contributed by atoms with Gasteiger partial charge in [0.05, 0.1) is 4.87 Å². The molecule has 0 aliphatic carbocycles. The van der Waals surface area contributed by atoms with Gasteiger partial charge in [0.2, 0.25) is 5.91 Å². The fraction of sp³-hybridized carbons (Fsp3) is 0.500. The SMILES string of the molecule is C[C@@]12CCC(=O)N1[C@H](C(=O)OCC(=O)NCCc1ccc(Cl)cc1Cl)CS2. The Kier molecular flexibility index (Phi) is 6.23. The number of benzene rings is 1. The van der Waals surface area contributed by atoms with Crippen LogP contribution in [0.15, 0.2) is 18.2 Å². The van der Waals surface area contributed by atoms with Crippen molar-refractivity contribution in [3.05, 3.63) is 33.8 Å². The van der Waals surface area contributed by atoms with Crippen LogP contribution in [0.1, 0.15) is 25.3 Å². The average molecular weight is 431 g/mol. The third-order valence-electron chi connectivity index (χ3n) is 4.79. The quantitative estimate of drug-likeness (QED) is 0.701. The molecule has 1 N–H and O–H groups in total.